The van der Waals surface area contributed by atoms with Crippen molar-refractivity contribution in [3.63, 3.8) is 0 Å². The fourth-order valence-corrected chi connectivity index (χ4v) is 2.12. The summed E-state index contributed by atoms with van der Waals surface area (Å²) in [6, 6.07) is 5.38. The maximum Gasteiger partial charge on any atom is 0.413 e. The lowest BCUT2D eigenvalue weighted by Gasteiger charge is -2.05. The van der Waals surface area contributed by atoms with Crippen molar-refractivity contribution >= 4 is 45.4 Å². The van der Waals surface area contributed by atoms with Crippen LogP contribution in [0.1, 0.15) is 0 Å². The van der Waals surface area contributed by atoms with Crippen molar-refractivity contribution in [3.05, 3.63) is 22.7 Å². The molecule has 7 heteroatoms. The molecule has 5 nitrogen and oxygen atoms in total. The predicted molar refractivity (Wildman–Crippen MR) is 69.8 cm³/mol. The highest BCUT2D eigenvalue weighted by Gasteiger charge is 2.09. The van der Waals surface area contributed by atoms with E-state index in [-0.39, 0.29) is 5.75 Å². The molecule has 0 saturated carbocycles. The van der Waals surface area contributed by atoms with Crippen LogP contribution in [0.4, 0.5) is 10.5 Å². The highest BCUT2D eigenvalue weighted by Crippen LogP contribution is 2.27. The van der Waals surface area contributed by atoms with Crippen molar-refractivity contribution in [2.45, 2.75) is 4.90 Å². The molecule has 1 rings (SSSR count). The van der Waals surface area contributed by atoms with Crippen molar-refractivity contribution in [1.82, 2.24) is 5.32 Å². The van der Waals surface area contributed by atoms with E-state index in [0.717, 1.165) is 9.37 Å². The first-order valence-corrected chi connectivity index (χ1v) is 6.36. The smallest absolute Gasteiger partial charge is 0.413 e. The fraction of sp³-hybridized carbons (Fsp3) is 0.200. The quantitative estimate of drug-likeness (QED) is 0.658. The van der Waals surface area contributed by atoms with Gasteiger partial charge in [-0.3, -0.25) is 10.1 Å². The van der Waals surface area contributed by atoms with Crippen molar-refractivity contribution < 1.29 is 14.3 Å². The first-order valence-electron chi connectivity index (χ1n) is 4.58. The number of ether oxygens (including phenoxy) is 1. The van der Waals surface area contributed by atoms with Crippen molar-refractivity contribution in [1.29, 1.82) is 0 Å². The molecule has 0 atom stereocenters. The zero-order valence-electron chi connectivity index (χ0n) is 9.03. The van der Waals surface area contributed by atoms with Gasteiger partial charge in [0.15, 0.2) is 0 Å². The van der Waals surface area contributed by atoms with Crippen LogP contribution in [-0.2, 0) is 9.53 Å². The maximum absolute atomic E-state index is 11.3. The van der Waals surface area contributed by atoms with Crippen LogP contribution in [0, 0.1) is 0 Å². The van der Waals surface area contributed by atoms with E-state index < -0.39 is 12.0 Å². The van der Waals surface area contributed by atoms with Crippen LogP contribution in [-0.4, -0.2) is 24.9 Å². The number of hydrogen-bond donors (Lipinski definition) is 2. The Labute approximate surface area is 111 Å². The molecular weight excluding hydrogens is 308 g/mol. The largest absolute Gasteiger partial charge is 0.453 e. The van der Waals surface area contributed by atoms with E-state index >= 15 is 0 Å². The molecule has 0 radical (unpaired) electrons. The summed E-state index contributed by atoms with van der Waals surface area (Å²) in [5.41, 5.74) is 6.34. The number of nitrogens with one attached hydrogen (secondary N) is 1. The van der Waals surface area contributed by atoms with E-state index in [2.05, 4.69) is 26.0 Å². The number of thioether (sulfide) groups is 1. The van der Waals surface area contributed by atoms with Gasteiger partial charge in [-0.25, -0.2) is 4.79 Å². The number of amides is 2. The summed E-state index contributed by atoms with van der Waals surface area (Å²) < 4.78 is 5.17. The molecule has 0 unspecified atom stereocenters. The summed E-state index contributed by atoms with van der Waals surface area (Å²) in [5, 5.41) is 2.06. The molecule has 0 aliphatic carbocycles. The lowest BCUT2D eigenvalue weighted by molar-refractivity contribution is -0.117. The Morgan fingerprint density at radius 3 is 2.82 bits per heavy atom. The van der Waals surface area contributed by atoms with Crippen molar-refractivity contribution in [2.24, 2.45) is 0 Å². The molecule has 0 spiro atoms. The first kappa shape index (κ1) is 13.9. The number of benzene rings is 1. The highest BCUT2D eigenvalue weighted by molar-refractivity contribution is 9.10. The van der Waals surface area contributed by atoms with Gasteiger partial charge in [-0.15, -0.1) is 11.8 Å². The Morgan fingerprint density at radius 1 is 1.53 bits per heavy atom. The topological polar surface area (TPSA) is 81.4 Å². The van der Waals surface area contributed by atoms with Crippen LogP contribution in [0.2, 0.25) is 0 Å². The zero-order chi connectivity index (χ0) is 12.8. The van der Waals surface area contributed by atoms with Gasteiger partial charge < -0.3 is 10.5 Å². The SMILES string of the molecule is COC(=O)NC(=O)CSc1ccc(Br)cc1N. The second-order valence-corrected chi connectivity index (χ2v) is 4.94. The molecule has 0 aliphatic heterocycles. The molecule has 0 saturated heterocycles. The summed E-state index contributed by atoms with van der Waals surface area (Å²) in [4.78, 5) is 22.8. The molecule has 3 N–H and O–H groups in total. The number of imide groups is 1. The van der Waals surface area contributed by atoms with Gasteiger partial charge >= 0.3 is 6.09 Å². The molecule has 0 fully saturated rings. The third kappa shape index (κ3) is 4.66. The number of carbonyl (C=O) groups is 2. The van der Waals surface area contributed by atoms with Crippen LogP contribution >= 0.6 is 27.7 Å². The number of nitrogens with two attached hydrogens (primary N) is 1. The molecule has 0 aromatic heterocycles. The van der Waals surface area contributed by atoms with Crippen LogP contribution in [0.3, 0.4) is 0 Å². The van der Waals surface area contributed by atoms with Gasteiger partial charge in [-0.2, -0.15) is 0 Å². The number of halogens is 1. The van der Waals surface area contributed by atoms with E-state index in [1.165, 1.54) is 18.9 Å². The Hall–Kier alpha value is -1.21. The summed E-state index contributed by atoms with van der Waals surface area (Å²) in [5.74, 6) is -0.329. The third-order valence-corrected chi connectivity index (χ3v) is 3.34. The van der Waals surface area contributed by atoms with Crippen molar-refractivity contribution in [3.8, 4) is 0 Å². The van der Waals surface area contributed by atoms with Crippen molar-refractivity contribution in [2.75, 3.05) is 18.6 Å². The Morgan fingerprint density at radius 2 is 2.24 bits per heavy atom. The van der Waals surface area contributed by atoms with E-state index in [4.69, 9.17) is 5.73 Å². The molecule has 0 heterocycles. The lowest BCUT2D eigenvalue weighted by Crippen LogP contribution is -2.31. The summed E-state index contributed by atoms with van der Waals surface area (Å²) in [6.07, 6.45) is -0.764. The molecule has 0 aliphatic rings. The summed E-state index contributed by atoms with van der Waals surface area (Å²) >= 11 is 4.54. The number of hydrogen-bond acceptors (Lipinski definition) is 5. The number of anilines is 1. The first-order chi connectivity index (χ1) is 8.02. The maximum atomic E-state index is 11.3. The number of carbonyl (C=O) groups excluding carboxylic acids is 2. The number of nitrogen functional groups attached to an aromatic ring is 1. The van der Waals surface area contributed by atoms with Gasteiger partial charge in [0.1, 0.15) is 0 Å². The van der Waals surface area contributed by atoms with Gasteiger partial charge in [0.25, 0.3) is 0 Å². The average molecular weight is 319 g/mol. The zero-order valence-corrected chi connectivity index (χ0v) is 11.4. The molecule has 17 heavy (non-hydrogen) atoms. The van der Waals surface area contributed by atoms with E-state index in [1.54, 1.807) is 12.1 Å². The standard InChI is InChI=1S/C10H11BrN2O3S/c1-16-10(15)13-9(14)5-17-8-3-2-6(11)4-7(8)12/h2-4H,5,12H2,1H3,(H,13,14,15). The number of alkyl carbamates (subject to hydrolysis) is 1. The summed E-state index contributed by atoms with van der Waals surface area (Å²) in [7, 11) is 1.20. The highest BCUT2D eigenvalue weighted by atomic mass is 79.9. The molecule has 0 bridgehead atoms. The summed E-state index contributed by atoms with van der Waals surface area (Å²) in [6.45, 7) is 0. The monoisotopic (exact) mass is 318 g/mol. The second kappa shape index (κ2) is 6.51. The molecule has 92 valence electrons. The van der Waals surface area contributed by atoms with E-state index in [9.17, 15) is 9.59 Å². The van der Waals surface area contributed by atoms with Crippen LogP contribution < -0.4 is 11.1 Å². The van der Waals surface area contributed by atoms with Crippen LogP contribution in [0.25, 0.3) is 0 Å². The van der Waals surface area contributed by atoms with Gasteiger partial charge in [0.05, 0.1) is 12.9 Å². The fourth-order valence-electron chi connectivity index (χ4n) is 0.995. The van der Waals surface area contributed by atoms with E-state index in [0.29, 0.717) is 5.69 Å². The minimum absolute atomic E-state index is 0.0981. The third-order valence-electron chi connectivity index (χ3n) is 1.76. The van der Waals surface area contributed by atoms with E-state index in [1.807, 2.05) is 6.07 Å². The van der Waals surface area contributed by atoms with Crippen LogP contribution in [0.15, 0.2) is 27.6 Å². The molecular formula is C10H11BrN2O3S. The lowest BCUT2D eigenvalue weighted by atomic mass is 10.3. The minimum atomic E-state index is -0.764. The van der Waals surface area contributed by atoms with Crippen LogP contribution in [0.5, 0.6) is 0 Å². The second-order valence-electron chi connectivity index (χ2n) is 3.01. The van der Waals surface area contributed by atoms with Gasteiger partial charge in [-0.1, -0.05) is 15.9 Å². The number of rotatable bonds is 3. The normalized spacial score (nSPS) is 9.76. The Bertz CT molecular complexity index is 440. The van der Waals surface area contributed by atoms with Gasteiger partial charge in [0.2, 0.25) is 5.91 Å². The Kier molecular flexibility index (Phi) is 5.30. The number of methoxy groups -OCH3 is 1. The predicted octanol–water partition coefficient (Wildman–Crippen LogP) is 2.01. The molecule has 2 amide bonds. The minimum Gasteiger partial charge on any atom is -0.453 e. The molecule has 1 aromatic carbocycles. The molecule has 1 aromatic rings. The van der Waals surface area contributed by atoms with Gasteiger partial charge in [-0.05, 0) is 18.2 Å². The average Bonchev–Trinajstić information content (AvgIpc) is 2.27. The Balaban J connectivity index is 2.50. The van der Waals surface area contributed by atoms with Gasteiger partial charge in [0, 0.05) is 15.1 Å².